The molecule has 2 aliphatic rings. The van der Waals surface area contributed by atoms with Crippen LogP contribution in [0, 0.1) is 0 Å². The normalized spacial score (nSPS) is 19.0. The first-order chi connectivity index (χ1) is 14.3. The lowest BCUT2D eigenvalue weighted by atomic mass is 9.93. The number of hydrogen-bond acceptors (Lipinski definition) is 4. The molecule has 2 aromatic carbocycles. The second-order valence-corrected chi connectivity index (χ2v) is 7.78. The lowest BCUT2D eigenvalue weighted by Crippen LogP contribution is -2.34. The Bertz CT molecular complexity index is 1010. The molecule has 1 N–H and O–H groups in total. The van der Waals surface area contributed by atoms with E-state index in [1.165, 1.54) is 5.56 Å². The number of carbonyl (C=O) groups excluding carboxylic acids is 1. The fourth-order valence-electron chi connectivity index (χ4n) is 4.46. The van der Waals surface area contributed by atoms with Crippen LogP contribution in [0.5, 0.6) is 0 Å². The Kier molecular flexibility index (Phi) is 4.86. The van der Waals surface area contributed by atoms with Gasteiger partial charge in [0.1, 0.15) is 5.82 Å². The van der Waals surface area contributed by atoms with Gasteiger partial charge in [0.15, 0.2) is 5.82 Å². The highest BCUT2D eigenvalue weighted by atomic mass is 16.2. The van der Waals surface area contributed by atoms with Crippen molar-refractivity contribution in [2.45, 2.75) is 25.3 Å². The zero-order valence-corrected chi connectivity index (χ0v) is 16.4. The van der Waals surface area contributed by atoms with Crippen molar-refractivity contribution in [2.24, 2.45) is 0 Å². The van der Waals surface area contributed by atoms with E-state index in [4.69, 9.17) is 0 Å². The third-order valence-electron chi connectivity index (χ3n) is 6.04. The first kappa shape index (κ1) is 18.1. The van der Waals surface area contributed by atoms with Crippen LogP contribution in [-0.4, -0.2) is 51.8 Å². The third kappa shape index (κ3) is 3.44. The number of carbonyl (C=O) groups is 1. The number of rotatable bonds is 3. The van der Waals surface area contributed by atoms with Gasteiger partial charge in [0.05, 0.1) is 0 Å². The minimum atomic E-state index is 0.132. The molecule has 0 saturated carbocycles. The zero-order chi connectivity index (χ0) is 19.6. The van der Waals surface area contributed by atoms with Crippen molar-refractivity contribution >= 4 is 5.91 Å². The van der Waals surface area contributed by atoms with E-state index in [2.05, 4.69) is 38.3 Å². The van der Waals surface area contributed by atoms with Gasteiger partial charge in [-0.2, -0.15) is 0 Å². The van der Waals surface area contributed by atoms with Gasteiger partial charge in [-0.1, -0.05) is 48.5 Å². The SMILES string of the molecule is O=C(c1ccccc1C1CCNC1)N1CCc2nnc(-c3ccccc3)n2CC1. The second-order valence-electron chi connectivity index (χ2n) is 7.78. The van der Waals surface area contributed by atoms with Gasteiger partial charge >= 0.3 is 0 Å². The Morgan fingerprint density at radius 2 is 1.79 bits per heavy atom. The van der Waals surface area contributed by atoms with Gasteiger partial charge < -0.3 is 14.8 Å². The quantitative estimate of drug-likeness (QED) is 0.751. The van der Waals surface area contributed by atoms with Crippen LogP contribution < -0.4 is 5.32 Å². The van der Waals surface area contributed by atoms with Crippen molar-refractivity contribution in [3.05, 3.63) is 71.5 Å². The maximum atomic E-state index is 13.4. The molecule has 0 radical (unpaired) electrons. The van der Waals surface area contributed by atoms with Gasteiger partial charge in [-0.3, -0.25) is 4.79 Å². The number of nitrogens with one attached hydrogen (secondary N) is 1. The van der Waals surface area contributed by atoms with E-state index in [0.717, 1.165) is 48.7 Å². The predicted molar refractivity (Wildman–Crippen MR) is 112 cm³/mol. The van der Waals surface area contributed by atoms with Crippen LogP contribution >= 0.6 is 0 Å². The average Bonchev–Trinajstić information content (AvgIpc) is 3.40. The van der Waals surface area contributed by atoms with Gasteiger partial charge in [-0.25, -0.2) is 0 Å². The van der Waals surface area contributed by atoms with Gasteiger partial charge in [0, 0.05) is 43.7 Å². The second kappa shape index (κ2) is 7.79. The number of aromatic nitrogens is 3. The molecule has 5 rings (SSSR count). The number of amides is 1. The van der Waals surface area contributed by atoms with E-state index in [1.807, 2.05) is 41.3 Å². The summed E-state index contributed by atoms with van der Waals surface area (Å²) in [6.45, 7) is 4.02. The van der Waals surface area contributed by atoms with E-state index < -0.39 is 0 Å². The highest BCUT2D eigenvalue weighted by molar-refractivity contribution is 5.96. The standard InChI is InChI=1S/C23H25N5O/c29-23(20-9-5-4-8-19(20)18-10-12-24-16-18)27-13-11-21-25-26-22(28(21)15-14-27)17-6-2-1-3-7-17/h1-9,18,24H,10-16H2. The summed E-state index contributed by atoms with van der Waals surface area (Å²) < 4.78 is 2.16. The first-order valence-corrected chi connectivity index (χ1v) is 10.4. The van der Waals surface area contributed by atoms with Crippen LogP contribution in [-0.2, 0) is 13.0 Å². The highest BCUT2D eigenvalue weighted by Gasteiger charge is 2.27. The summed E-state index contributed by atoms with van der Waals surface area (Å²) >= 11 is 0. The molecule has 1 fully saturated rings. The molecule has 3 heterocycles. The van der Waals surface area contributed by atoms with Gasteiger partial charge in [0.2, 0.25) is 0 Å². The number of fused-ring (bicyclic) bond motifs is 1. The summed E-state index contributed by atoms with van der Waals surface area (Å²) in [5, 5.41) is 12.2. The van der Waals surface area contributed by atoms with E-state index in [-0.39, 0.29) is 5.91 Å². The maximum Gasteiger partial charge on any atom is 0.254 e. The van der Waals surface area contributed by atoms with Crippen molar-refractivity contribution in [1.29, 1.82) is 0 Å². The summed E-state index contributed by atoms with van der Waals surface area (Å²) in [6, 6.07) is 18.2. The molecular formula is C23H25N5O. The Labute approximate surface area is 170 Å². The monoisotopic (exact) mass is 387 g/mol. The summed E-state index contributed by atoms with van der Waals surface area (Å²) in [4.78, 5) is 15.4. The summed E-state index contributed by atoms with van der Waals surface area (Å²) in [7, 11) is 0. The van der Waals surface area contributed by atoms with Gasteiger partial charge in [-0.05, 0) is 30.5 Å². The molecule has 1 atom stereocenters. The lowest BCUT2D eigenvalue weighted by molar-refractivity contribution is 0.0757. The molecular weight excluding hydrogens is 362 g/mol. The van der Waals surface area contributed by atoms with E-state index in [0.29, 0.717) is 25.6 Å². The highest BCUT2D eigenvalue weighted by Crippen LogP contribution is 2.27. The Morgan fingerprint density at radius 3 is 2.62 bits per heavy atom. The number of hydrogen-bond donors (Lipinski definition) is 1. The zero-order valence-electron chi connectivity index (χ0n) is 16.4. The van der Waals surface area contributed by atoms with Crippen molar-refractivity contribution in [2.75, 3.05) is 26.2 Å². The van der Waals surface area contributed by atoms with Gasteiger partial charge in [0.25, 0.3) is 5.91 Å². The Balaban J connectivity index is 1.38. The molecule has 2 aliphatic heterocycles. The molecule has 6 heteroatoms. The topological polar surface area (TPSA) is 63.1 Å². The molecule has 0 aliphatic carbocycles. The van der Waals surface area contributed by atoms with Crippen LogP contribution in [0.15, 0.2) is 54.6 Å². The number of nitrogens with zero attached hydrogens (tertiary/aromatic N) is 4. The molecule has 1 amide bonds. The van der Waals surface area contributed by atoms with Crippen LogP contribution in [0.4, 0.5) is 0 Å². The Hall–Kier alpha value is -2.99. The van der Waals surface area contributed by atoms with Crippen LogP contribution in [0.2, 0.25) is 0 Å². The van der Waals surface area contributed by atoms with Crippen molar-refractivity contribution in [1.82, 2.24) is 25.0 Å². The Morgan fingerprint density at radius 1 is 0.966 bits per heavy atom. The molecule has 29 heavy (non-hydrogen) atoms. The molecule has 1 saturated heterocycles. The molecule has 1 aromatic heterocycles. The summed E-state index contributed by atoms with van der Waals surface area (Å²) in [5.41, 5.74) is 3.09. The molecule has 1 unspecified atom stereocenters. The maximum absolute atomic E-state index is 13.4. The molecule has 0 bridgehead atoms. The first-order valence-electron chi connectivity index (χ1n) is 10.4. The van der Waals surface area contributed by atoms with Crippen molar-refractivity contribution < 1.29 is 4.79 Å². The van der Waals surface area contributed by atoms with Crippen molar-refractivity contribution in [3.63, 3.8) is 0 Å². The van der Waals surface area contributed by atoms with Gasteiger partial charge in [-0.15, -0.1) is 10.2 Å². The fraction of sp³-hybridized carbons (Fsp3) is 0.348. The van der Waals surface area contributed by atoms with E-state index in [9.17, 15) is 4.79 Å². The van der Waals surface area contributed by atoms with E-state index >= 15 is 0 Å². The predicted octanol–water partition coefficient (Wildman–Crippen LogP) is 2.72. The molecule has 3 aromatic rings. The van der Waals surface area contributed by atoms with E-state index in [1.54, 1.807) is 0 Å². The minimum Gasteiger partial charge on any atom is -0.336 e. The van der Waals surface area contributed by atoms with Crippen LogP contribution in [0.1, 0.15) is 34.1 Å². The van der Waals surface area contributed by atoms with Crippen LogP contribution in [0.25, 0.3) is 11.4 Å². The molecule has 148 valence electrons. The van der Waals surface area contributed by atoms with Crippen molar-refractivity contribution in [3.8, 4) is 11.4 Å². The van der Waals surface area contributed by atoms with Crippen LogP contribution in [0.3, 0.4) is 0 Å². The molecule has 0 spiro atoms. The summed E-state index contributed by atoms with van der Waals surface area (Å²) in [6.07, 6.45) is 1.81. The molecule has 6 nitrogen and oxygen atoms in total. The number of benzene rings is 2. The minimum absolute atomic E-state index is 0.132. The third-order valence-corrected chi connectivity index (χ3v) is 6.04. The average molecular weight is 387 g/mol. The summed E-state index contributed by atoms with van der Waals surface area (Å²) in [5.74, 6) is 2.39. The lowest BCUT2D eigenvalue weighted by Gasteiger charge is -2.23. The largest absolute Gasteiger partial charge is 0.336 e. The fourth-order valence-corrected chi connectivity index (χ4v) is 4.46. The smallest absolute Gasteiger partial charge is 0.254 e.